The molecule has 0 fully saturated rings. The van der Waals surface area contributed by atoms with Crippen molar-refractivity contribution in [1.29, 1.82) is 0 Å². The standard InChI is InChI=1S/C19H22F3N3OS.HI/c1-23-18(24-11-12-27(26)14-16-5-3-2-4-6-16)25-13-15-7-9-17(10-8-15)19(20,21)22;/h2-10H,11-14H2,1H3,(H2,23,24,25);1H. The Kier molecular flexibility index (Phi) is 10.5. The van der Waals surface area contributed by atoms with Gasteiger partial charge in [0.15, 0.2) is 5.96 Å². The molecule has 2 aromatic rings. The fourth-order valence-corrected chi connectivity index (χ4v) is 3.37. The molecule has 0 aliphatic rings. The van der Waals surface area contributed by atoms with Gasteiger partial charge in [-0.3, -0.25) is 9.20 Å². The zero-order chi connectivity index (χ0) is 19.7. The first-order valence-electron chi connectivity index (χ1n) is 8.38. The van der Waals surface area contributed by atoms with Crippen molar-refractivity contribution in [3.8, 4) is 0 Å². The molecule has 1 atom stereocenters. The number of hydrogen-bond donors (Lipinski definition) is 2. The normalized spacial score (nSPS) is 12.8. The largest absolute Gasteiger partial charge is 0.416 e. The number of halogens is 4. The van der Waals surface area contributed by atoms with Crippen molar-refractivity contribution in [3.63, 3.8) is 0 Å². The molecular weight excluding hydrogens is 502 g/mol. The second kappa shape index (κ2) is 12.1. The lowest BCUT2D eigenvalue weighted by atomic mass is 10.1. The van der Waals surface area contributed by atoms with Crippen molar-refractivity contribution < 1.29 is 17.4 Å². The van der Waals surface area contributed by atoms with Crippen LogP contribution in [0.15, 0.2) is 59.6 Å². The molecule has 0 saturated carbocycles. The van der Waals surface area contributed by atoms with Crippen molar-refractivity contribution in [2.24, 2.45) is 4.99 Å². The van der Waals surface area contributed by atoms with E-state index in [1.165, 1.54) is 12.1 Å². The minimum Gasteiger partial charge on any atom is -0.355 e. The van der Waals surface area contributed by atoms with E-state index in [9.17, 15) is 17.4 Å². The van der Waals surface area contributed by atoms with E-state index in [2.05, 4.69) is 15.6 Å². The summed E-state index contributed by atoms with van der Waals surface area (Å²) in [4.78, 5) is 4.06. The zero-order valence-electron chi connectivity index (χ0n) is 15.3. The average Bonchev–Trinajstić information content (AvgIpc) is 2.65. The van der Waals surface area contributed by atoms with Crippen LogP contribution in [0.25, 0.3) is 0 Å². The Morgan fingerprint density at radius 1 is 1.00 bits per heavy atom. The molecule has 0 aromatic heterocycles. The summed E-state index contributed by atoms with van der Waals surface area (Å²) >= 11 is 0. The number of guanidine groups is 1. The van der Waals surface area contributed by atoms with Crippen LogP contribution in [0.3, 0.4) is 0 Å². The summed E-state index contributed by atoms with van der Waals surface area (Å²) in [6, 6.07) is 14.6. The van der Waals surface area contributed by atoms with Gasteiger partial charge in [0.1, 0.15) is 0 Å². The minimum absolute atomic E-state index is 0. The van der Waals surface area contributed by atoms with Crippen LogP contribution < -0.4 is 10.6 Å². The molecule has 2 rings (SSSR count). The molecule has 0 aliphatic carbocycles. The predicted octanol–water partition coefficient (Wildman–Crippen LogP) is 3.94. The Morgan fingerprint density at radius 2 is 1.64 bits per heavy atom. The number of hydrogen-bond acceptors (Lipinski definition) is 2. The summed E-state index contributed by atoms with van der Waals surface area (Å²) in [5, 5.41) is 6.08. The summed E-state index contributed by atoms with van der Waals surface area (Å²) in [7, 11) is 0.608. The smallest absolute Gasteiger partial charge is 0.355 e. The molecule has 154 valence electrons. The Balaban J connectivity index is 0.00000392. The number of benzene rings is 2. The molecule has 0 aliphatic heterocycles. The van der Waals surface area contributed by atoms with Gasteiger partial charge in [0.2, 0.25) is 0 Å². The number of nitrogens with one attached hydrogen (secondary N) is 2. The van der Waals surface area contributed by atoms with Crippen LogP contribution in [0.2, 0.25) is 0 Å². The first-order chi connectivity index (χ1) is 12.9. The Bertz CT molecular complexity index is 768. The number of nitrogens with zero attached hydrogens (tertiary/aromatic N) is 1. The van der Waals surface area contributed by atoms with Gasteiger partial charge in [-0.15, -0.1) is 24.0 Å². The molecular formula is C19H23F3IN3OS. The molecule has 0 bridgehead atoms. The van der Waals surface area contributed by atoms with E-state index in [1.807, 2.05) is 30.3 Å². The first kappa shape index (κ1) is 24.4. The molecule has 0 saturated heterocycles. The molecule has 4 nitrogen and oxygen atoms in total. The van der Waals surface area contributed by atoms with Crippen molar-refractivity contribution in [2.45, 2.75) is 18.5 Å². The third-order valence-corrected chi connectivity index (χ3v) is 5.07. The summed E-state index contributed by atoms with van der Waals surface area (Å²) in [5.74, 6) is 1.47. The maximum atomic E-state index is 12.6. The predicted molar refractivity (Wildman–Crippen MR) is 118 cm³/mol. The van der Waals surface area contributed by atoms with Crippen molar-refractivity contribution >= 4 is 40.7 Å². The summed E-state index contributed by atoms with van der Waals surface area (Å²) < 4.78 is 49.8. The third-order valence-electron chi connectivity index (χ3n) is 3.76. The summed E-state index contributed by atoms with van der Waals surface area (Å²) in [6.07, 6.45) is -4.33. The Labute approximate surface area is 182 Å². The topological polar surface area (TPSA) is 53.5 Å². The van der Waals surface area contributed by atoms with E-state index in [0.717, 1.165) is 17.7 Å². The summed E-state index contributed by atoms with van der Waals surface area (Å²) in [5.41, 5.74) is 1.06. The molecule has 9 heteroatoms. The van der Waals surface area contributed by atoms with Crippen LogP contribution in [0, 0.1) is 0 Å². The quantitative estimate of drug-likeness (QED) is 0.327. The van der Waals surface area contributed by atoms with Crippen molar-refractivity contribution in [3.05, 3.63) is 71.3 Å². The molecule has 0 radical (unpaired) electrons. The maximum absolute atomic E-state index is 12.6. The van der Waals surface area contributed by atoms with Gasteiger partial charge in [-0.1, -0.05) is 42.5 Å². The van der Waals surface area contributed by atoms with Gasteiger partial charge in [-0.05, 0) is 23.3 Å². The van der Waals surface area contributed by atoms with Crippen LogP contribution in [-0.4, -0.2) is 29.5 Å². The van der Waals surface area contributed by atoms with Gasteiger partial charge in [-0.2, -0.15) is 13.2 Å². The maximum Gasteiger partial charge on any atom is 0.416 e. The van der Waals surface area contributed by atoms with Crippen molar-refractivity contribution in [2.75, 3.05) is 19.3 Å². The van der Waals surface area contributed by atoms with Gasteiger partial charge in [0.05, 0.1) is 5.56 Å². The molecule has 2 aromatic carbocycles. The lowest BCUT2D eigenvalue weighted by molar-refractivity contribution is -0.137. The third kappa shape index (κ3) is 8.59. The molecule has 0 spiro atoms. The Hall–Kier alpha value is -1.62. The van der Waals surface area contributed by atoms with Gasteiger partial charge in [-0.25, -0.2) is 0 Å². The highest BCUT2D eigenvalue weighted by molar-refractivity contribution is 14.0. The fourth-order valence-electron chi connectivity index (χ4n) is 2.33. The average molecular weight is 525 g/mol. The molecule has 0 heterocycles. The van der Waals surface area contributed by atoms with E-state index in [0.29, 0.717) is 36.1 Å². The first-order valence-corrected chi connectivity index (χ1v) is 9.87. The van der Waals surface area contributed by atoms with Crippen LogP contribution in [0.5, 0.6) is 0 Å². The molecule has 0 amide bonds. The monoisotopic (exact) mass is 525 g/mol. The SMILES string of the molecule is CN=C(NCCS(=O)Cc1ccccc1)NCc1ccc(C(F)(F)F)cc1.I. The molecule has 28 heavy (non-hydrogen) atoms. The van der Waals surface area contributed by atoms with Crippen LogP contribution in [-0.2, 0) is 29.3 Å². The summed E-state index contributed by atoms with van der Waals surface area (Å²) in [6.45, 7) is 0.817. The van der Waals surface area contributed by atoms with E-state index < -0.39 is 22.5 Å². The number of alkyl halides is 3. The van der Waals surface area contributed by atoms with Gasteiger partial charge in [0, 0.05) is 42.4 Å². The highest BCUT2D eigenvalue weighted by Gasteiger charge is 2.29. The van der Waals surface area contributed by atoms with Gasteiger partial charge >= 0.3 is 6.18 Å². The van der Waals surface area contributed by atoms with E-state index in [4.69, 9.17) is 0 Å². The second-order valence-electron chi connectivity index (χ2n) is 5.82. The molecule has 1 unspecified atom stereocenters. The highest BCUT2D eigenvalue weighted by atomic mass is 127. The van der Waals surface area contributed by atoms with Gasteiger partial charge < -0.3 is 10.6 Å². The lowest BCUT2D eigenvalue weighted by Gasteiger charge is -2.12. The van der Waals surface area contributed by atoms with Crippen LogP contribution >= 0.6 is 24.0 Å². The van der Waals surface area contributed by atoms with E-state index >= 15 is 0 Å². The van der Waals surface area contributed by atoms with Crippen molar-refractivity contribution in [1.82, 2.24) is 10.6 Å². The molecule has 2 N–H and O–H groups in total. The van der Waals surface area contributed by atoms with E-state index in [1.54, 1.807) is 7.05 Å². The number of rotatable bonds is 7. The van der Waals surface area contributed by atoms with Gasteiger partial charge in [0.25, 0.3) is 0 Å². The number of aliphatic imine (C=N–C) groups is 1. The zero-order valence-corrected chi connectivity index (χ0v) is 18.5. The second-order valence-corrected chi connectivity index (χ2v) is 7.40. The van der Waals surface area contributed by atoms with E-state index in [-0.39, 0.29) is 24.0 Å². The van der Waals surface area contributed by atoms with Crippen LogP contribution in [0.1, 0.15) is 16.7 Å². The Morgan fingerprint density at radius 3 is 2.21 bits per heavy atom. The minimum atomic E-state index is -4.33. The lowest BCUT2D eigenvalue weighted by Crippen LogP contribution is -2.38. The van der Waals surface area contributed by atoms with Crippen LogP contribution in [0.4, 0.5) is 13.2 Å². The fraction of sp³-hybridized carbons (Fsp3) is 0.316. The highest BCUT2D eigenvalue weighted by Crippen LogP contribution is 2.28.